The Labute approximate surface area is 140 Å². The fraction of sp³-hybridized carbons (Fsp3) is 0.786. The van der Waals surface area contributed by atoms with Crippen LogP contribution in [0.3, 0.4) is 0 Å². The lowest BCUT2D eigenvalue weighted by atomic mass is 10.1. The molecule has 4 N–H and O–H groups in total. The van der Waals surface area contributed by atoms with Crippen LogP contribution in [0.25, 0.3) is 0 Å². The summed E-state index contributed by atoms with van der Waals surface area (Å²) in [6.45, 7) is 1.03. The van der Waals surface area contributed by atoms with E-state index in [-0.39, 0.29) is 12.7 Å². The van der Waals surface area contributed by atoms with Crippen LogP contribution in [0.2, 0.25) is 0 Å². The number of quaternary nitrogens is 1. The van der Waals surface area contributed by atoms with E-state index in [9.17, 15) is 19.5 Å². The van der Waals surface area contributed by atoms with Gasteiger partial charge in [-0.2, -0.15) is 0 Å². The van der Waals surface area contributed by atoms with E-state index in [0.717, 1.165) is 0 Å². The van der Waals surface area contributed by atoms with Gasteiger partial charge in [-0.3, -0.25) is 4.79 Å². The van der Waals surface area contributed by atoms with E-state index in [1.807, 2.05) is 21.1 Å². The quantitative estimate of drug-likeness (QED) is 0.184. The topological polar surface area (TPSA) is 164 Å². The molecule has 0 aromatic rings. The number of nitrogens with zero attached hydrogens (tertiary/aromatic N) is 1. The van der Waals surface area contributed by atoms with Crippen LogP contribution in [0.5, 0.6) is 0 Å². The van der Waals surface area contributed by atoms with Crippen LogP contribution in [0, 0.1) is 0 Å². The summed E-state index contributed by atoms with van der Waals surface area (Å²) in [7, 11) is 5.68. The average Bonchev–Trinajstić information content (AvgIpc) is 2.42. The Morgan fingerprint density at radius 3 is 2.00 bits per heavy atom. The number of carbonyl (C=O) groups is 3. The van der Waals surface area contributed by atoms with Crippen LogP contribution in [0.4, 0.5) is 0 Å². The third-order valence-corrected chi connectivity index (χ3v) is 2.55. The first-order chi connectivity index (χ1) is 10.8. The number of aliphatic hydroxyl groups is 4. The fourth-order valence-electron chi connectivity index (χ4n) is 1.59. The number of aldehydes is 1. The van der Waals surface area contributed by atoms with E-state index in [4.69, 9.17) is 25.2 Å². The predicted molar refractivity (Wildman–Crippen MR) is 79.2 cm³/mol. The maximum atomic E-state index is 10.7. The number of aliphatic hydroxyl groups excluding tert-OH is 4. The van der Waals surface area contributed by atoms with Crippen molar-refractivity contribution < 1.29 is 49.1 Å². The maximum absolute atomic E-state index is 10.7. The van der Waals surface area contributed by atoms with Crippen LogP contribution in [-0.2, 0) is 19.1 Å². The highest BCUT2D eigenvalue weighted by Crippen LogP contribution is 2.04. The van der Waals surface area contributed by atoms with Crippen molar-refractivity contribution in [1.29, 1.82) is 0 Å². The Balaban J connectivity index is 0. The molecule has 0 saturated heterocycles. The summed E-state index contributed by atoms with van der Waals surface area (Å²) in [5.41, 5.74) is 0. The lowest BCUT2D eigenvalue weighted by Gasteiger charge is -2.28. The van der Waals surface area contributed by atoms with E-state index in [1.54, 1.807) is 0 Å². The van der Waals surface area contributed by atoms with Crippen LogP contribution in [0.1, 0.15) is 13.3 Å². The van der Waals surface area contributed by atoms with Crippen molar-refractivity contribution in [2.24, 2.45) is 0 Å². The molecule has 0 rings (SSSR count). The van der Waals surface area contributed by atoms with E-state index >= 15 is 0 Å². The van der Waals surface area contributed by atoms with Gasteiger partial charge in [0.2, 0.25) is 0 Å². The second-order valence-corrected chi connectivity index (χ2v) is 6.15. The largest absolute Gasteiger partial charge is 0.550 e. The third-order valence-electron chi connectivity index (χ3n) is 2.55. The molecule has 0 aliphatic heterocycles. The smallest absolute Gasteiger partial charge is 0.303 e. The van der Waals surface area contributed by atoms with Gasteiger partial charge in [0.15, 0.2) is 12.4 Å². The molecule has 0 aliphatic rings. The SMILES string of the molecule is CC(=O)OC(CC(=O)[O-])C[N+](C)(C)C.O=C[C@H](O)[C@H](O)[C@H](O)CO. The molecule has 0 heterocycles. The van der Waals surface area contributed by atoms with Crippen LogP contribution < -0.4 is 5.11 Å². The zero-order valence-corrected chi connectivity index (χ0v) is 14.3. The molecule has 0 aromatic carbocycles. The molecule has 142 valence electrons. The Morgan fingerprint density at radius 1 is 1.21 bits per heavy atom. The number of carboxylic acid groups (broad SMARTS) is 1. The summed E-state index contributed by atoms with van der Waals surface area (Å²) in [5.74, 6) is -1.67. The van der Waals surface area contributed by atoms with Gasteiger partial charge in [0, 0.05) is 19.3 Å². The second kappa shape index (κ2) is 11.9. The minimum atomic E-state index is -1.64. The monoisotopic (exact) mass is 353 g/mol. The second-order valence-electron chi connectivity index (χ2n) is 6.15. The highest BCUT2D eigenvalue weighted by Gasteiger charge is 2.23. The number of ether oxygens (including phenoxy) is 1. The summed E-state index contributed by atoms with van der Waals surface area (Å²) in [5, 5.41) is 44.4. The van der Waals surface area contributed by atoms with Gasteiger partial charge < -0.3 is 44.3 Å². The van der Waals surface area contributed by atoms with Crippen molar-refractivity contribution in [2.45, 2.75) is 37.8 Å². The van der Waals surface area contributed by atoms with Gasteiger partial charge in [-0.25, -0.2) is 0 Å². The third kappa shape index (κ3) is 14.0. The van der Waals surface area contributed by atoms with Crippen molar-refractivity contribution in [2.75, 3.05) is 34.3 Å². The Kier molecular flexibility index (Phi) is 12.2. The van der Waals surface area contributed by atoms with Gasteiger partial charge in [0.1, 0.15) is 24.9 Å². The fourth-order valence-corrected chi connectivity index (χ4v) is 1.59. The molecule has 10 heteroatoms. The molecule has 0 aromatic heterocycles. The highest BCUT2D eigenvalue weighted by atomic mass is 16.5. The summed E-state index contributed by atoms with van der Waals surface area (Å²) < 4.78 is 5.39. The number of carboxylic acids is 1. The van der Waals surface area contributed by atoms with Crippen LogP contribution >= 0.6 is 0 Å². The van der Waals surface area contributed by atoms with Crippen LogP contribution in [0.15, 0.2) is 0 Å². The summed E-state index contributed by atoms with van der Waals surface area (Å²) in [4.78, 5) is 30.8. The van der Waals surface area contributed by atoms with Crippen molar-refractivity contribution in [3.05, 3.63) is 0 Å². The number of aliphatic carboxylic acids is 1. The Bertz CT molecular complexity index is 378. The summed E-state index contributed by atoms with van der Waals surface area (Å²) in [6, 6.07) is 0. The molecule has 0 amide bonds. The molecule has 24 heavy (non-hydrogen) atoms. The Morgan fingerprint density at radius 2 is 1.71 bits per heavy atom. The zero-order valence-electron chi connectivity index (χ0n) is 14.3. The maximum Gasteiger partial charge on any atom is 0.303 e. The van der Waals surface area contributed by atoms with Crippen LogP contribution in [-0.4, -0.2) is 102 Å². The number of esters is 1. The number of carbonyl (C=O) groups excluding carboxylic acids is 3. The molecule has 0 fully saturated rings. The Hall–Kier alpha value is -1.59. The predicted octanol–water partition coefficient (Wildman–Crippen LogP) is -3.98. The van der Waals surface area contributed by atoms with Crippen molar-refractivity contribution in [1.82, 2.24) is 0 Å². The van der Waals surface area contributed by atoms with Gasteiger partial charge in [-0.05, 0) is 0 Å². The minimum Gasteiger partial charge on any atom is -0.550 e. The average molecular weight is 353 g/mol. The standard InChI is InChI=1S/C9H17NO4.C5H10O5/c1-7(11)14-8(5-9(12)13)6-10(2,3)4;6-1-3(8)5(10)4(9)2-7/h8H,5-6H2,1-4H3;1,3-5,7-10H,2H2/t;3-,4+,5-/m.0/s1. The van der Waals surface area contributed by atoms with Gasteiger partial charge in [0.05, 0.1) is 27.7 Å². The first-order valence-corrected chi connectivity index (χ1v) is 7.11. The normalized spacial score (nSPS) is 16.0. The molecule has 0 radical (unpaired) electrons. The van der Waals surface area contributed by atoms with E-state index in [2.05, 4.69) is 0 Å². The molecule has 0 bridgehead atoms. The van der Waals surface area contributed by atoms with Crippen molar-refractivity contribution in [3.8, 4) is 0 Å². The molecule has 0 saturated carbocycles. The van der Waals surface area contributed by atoms with Gasteiger partial charge in [-0.1, -0.05) is 0 Å². The summed E-state index contributed by atoms with van der Waals surface area (Å²) in [6.07, 6.45) is -5.50. The minimum absolute atomic E-state index is 0.0869. The van der Waals surface area contributed by atoms with Gasteiger partial charge >= 0.3 is 5.97 Å². The molecule has 1 unspecified atom stereocenters. The zero-order chi connectivity index (χ0) is 19.5. The lowest BCUT2D eigenvalue weighted by molar-refractivity contribution is -0.873. The van der Waals surface area contributed by atoms with Crippen molar-refractivity contribution >= 4 is 18.2 Å². The van der Waals surface area contributed by atoms with Crippen molar-refractivity contribution in [3.63, 3.8) is 0 Å². The molecular formula is C14H27NO9. The van der Waals surface area contributed by atoms with Gasteiger partial charge in [0.25, 0.3) is 0 Å². The lowest BCUT2D eigenvalue weighted by Crippen LogP contribution is -2.45. The highest BCUT2D eigenvalue weighted by molar-refractivity contribution is 5.68. The summed E-state index contributed by atoms with van der Waals surface area (Å²) >= 11 is 0. The molecule has 0 spiro atoms. The van der Waals surface area contributed by atoms with E-state index < -0.39 is 43.0 Å². The first kappa shape index (κ1) is 24.7. The number of rotatable bonds is 9. The van der Waals surface area contributed by atoms with Gasteiger partial charge in [-0.15, -0.1) is 0 Å². The first-order valence-electron chi connectivity index (χ1n) is 7.11. The van der Waals surface area contributed by atoms with E-state index in [0.29, 0.717) is 11.0 Å². The molecular weight excluding hydrogens is 326 g/mol. The number of hydrogen-bond donors (Lipinski definition) is 4. The molecule has 4 atom stereocenters. The van der Waals surface area contributed by atoms with E-state index in [1.165, 1.54) is 6.92 Å². The number of likely N-dealkylation sites (N-methyl/N-ethyl adjacent to an activating group) is 1. The molecule has 0 aliphatic carbocycles. The molecule has 10 nitrogen and oxygen atoms in total. The number of hydrogen-bond acceptors (Lipinski definition) is 9.